The van der Waals surface area contributed by atoms with Gasteiger partial charge in [0.1, 0.15) is 5.75 Å². The summed E-state index contributed by atoms with van der Waals surface area (Å²) in [6.45, 7) is 0.466. The first kappa shape index (κ1) is 7.58. The number of hydrogen-bond acceptors (Lipinski definition) is 3. The van der Waals surface area contributed by atoms with E-state index in [2.05, 4.69) is 0 Å². The molecule has 1 aromatic rings. The molecular formula is C9H10O3. The van der Waals surface area contributed by atoms with E-state index in [-0.39, 0.29) is 0 Å². The molecule has 1 atom stereocenters. The van der Waals surface area contributed by atoms with Crippen molar-refractivity contribution in [2.45, 2.75) is 12.9 Å². The number of methoxy groups -OCH3 is 1. The molecule has 0 saturated heterocycles. The van der Waals surface area contributed by atoms with E-state index in [1.807, 2.05) is 18.2 Å². The van der Waals surface area contributed by atoms with Gasteiger partial charge in [-0.1, -0.05) is 12.1 Å². The summed E-state index contributed by atoms with van der Waals surface area (Å²) >= 11 is 0. The van der Waals surface area contributed by atoms with E-state index in [4.69, 9.17) is 9.47 Å². The molecule has 0 spiro atoms. The molecule has 1 aromatic carbocycles. The molecule has 0 bridgehead atoms. The summed E-state index contributed by atoms with van der Waals surface area (Å²) in [7, 11) is 1.58. The average Bonchev–Trinajstić information content (AvgIpc) is 2.48. The second-order valence-corrected chi connectivity index (χ2v) is 2.70. The van der Waals surface area contributed by atoms with Gasteiger partial charge in [-0.2, -0.15) is 0 Å². The lowest BCUT2D eigenvalue weighted by Gasteiger charge is -2.07. The molecule has 1 aliphatic rings. The molecule has 0 aromatic heterocycles. The van der Waals surface area contributed by atoms with E-state index in [0.717, 1.165) is 11.1 Å². The van der Waals surface area contributed by atoms with Gasteiger partial charge in [0, 0.05) is 0 Å². The van der Waals surface area contributed by atoms with Gasteiger partial charge in [-0.3, -0.25) is 0 Å². The van der Waals surface area contributed by atoms with Crippen molar-refractivity contribution in [3.63, 3.8) is 0 Å². The maximum atomic E-state index is 9.39. The quantitative estimate of drug-likeness (QED) is 0.681. The van der Waals surface area contributed by atoms with Crippen molar-refractivity contribution in [1.82, 2.24) is 0 Å². The Hall–Kier alpha value is -1.06. The zero-order valence-electron chi connectivity index (χ0n) is 6.78. The fourth-order valence-electron chi connectivity index (χ4n) is 1.43. The lowest BCUT2D eigenvalue weighted by molar-refractivity contribution is -0.0925. The lowest BCUT2D eigenvalue weighted by Crippen LogP contribution is -1.96. The Morgan fingerprint density at radius 1 is 1.58 bits per heavy atom. The molecule has 0 unspecified atom stereocenters. The number of rotatable bonds is 1. The van der Waals surface area contributed by atoms with Crippen molar-refractivity contribution in [3.05, 3.63) is 29.3 Å². The highest BCUT2D eigenvalue weighted by molar-refractivity contribution is 5.42. The summed E-state index contributed by atoms with van der Waals surface area (Å²) in [5.41, 5.74) is 1.77. The third-order valence-corrected chi connectivity index (χ3v) is 2.02. The Bertz CT molecular complexity index is 296. The summed E-state index contributed by atoms with van der Waals surface area (Å²) in [5, 5.41) is 9.39. The van der Waals surface area contributed by atoms with E-state index >= 15 is 0 Å². The molecular weight excluding hydrogens is 156 g/mol. The van der Waals surface area contributed by atoms with Crippen LogP contribution in [0.15, 0.2) is 18.2 Å². The Morgan fingerprint density at radius 3 is 3.17 bits per heavy atom. The topological polar surface area (TPSA) is 38.7 Å². The van der Waals surface area contributed by atoms with E-state index < -0.39 is 6.29 Å². The van der Waals surface area contributed by atoms with E-state index in [1.165, 1.54) is 0 Å². The summed E-state index contributed by atoms with van der Waals surface area (Å²) < 4.78 is 10.1. The highest BCUT2D eigenvalue weighted by atomic mass is 16.6. The first-order valence-electron chi connectivity index (χ1n) is 3.78. The monoisotopic (exact) mass is 166 g/mol. The van der Waals surface area contributed by atoms with Gasteiger partial charge in [0.2, 0.25) is 0 Å². The van der Waals surface area contributed by atoms with Crippen LogP contribution >= 0.6 is 0 Å². The SMILES string of the molecule is COc1cccc2c1[C@@H](O)OC2. The maximum Gasteiger partial charge on any atom is 0.185 e. The first-order chi connectivity index (χ1) is 5.83. The van der Waals surface area contributed by atoms with Crippen LogP contribution in [0.5, 0.6) is 5.75 Å². The molecule has 0 saturated carbocycles. The van der Waals surface area contributed by atoms with Gasteiger partial charge in [0.25, 0.3) is 0 Å². The van der Waals surface area contributed by atoms with Crippen LogP contribution in [-0.4, -0.2) is 12.2 Å². The van der Waals surface area contributed by atoms with Crippen molar-refractivity contribution in [3.8, 4) is 5.75 Å². The fourth-order valence-corrected chi connectivity index (χ4v) is 1.43. The lowest BCUT2D eigenvalue weighted by atomic mass is 10.1. The van der Waals surface area contributed by atoms with Gasteiger partial charge >= 0.3 is 0 Å². The van der Waals surface area contributed by atoms with Gasteiger partial charge in [0.15, 0.2) is 6.29 Å². The second-order valence-electron chi connectivity index (χ2n) is 2.70. The maximum absolute atomic E-state index is 9.39. The average molecular weight is 166 g/mol. The Balaban J connectivity index is 2.53. The number of fused-ring (bicyclic) bond motifs is 1. The highest BCUT2D eigenvalue weighted by Gasteiger charge is 2.24. The normalized spacial score (nSPS) is 20.7. The molecule has 12 heavy (non-hydrogen) atoms. The van der Waals surface area contributed by atoms with Gasteiger partial charge in [0.05, 0.1) is 19.3 Å². The molecule has 0 radical (unpaired) electrons. The van der Waals surface area contributed by atoms with Crippen molar-refractivity contribution in [1.29, 1.82) is 0 Å². The van der Waals surface area contributed by atoms with Crippen LogP contribution in [0.1, 0.15) is 17.4 Å². The van der Waals surface area contributed by atoms with E-state index in [0.29, 0.717) is 12.4 Å². The van der Waals surface area contributed by atoms with E-state index in [1.54, 1.807) is 7.11 Å². The van der Waals surface area contributed by atoms with Crippen molar-refractivity contribution in [2.75, 3.05) is 7.11 Å². The third-order valence-electron chi connectivity index (χ3n) is 2.02. The smallest absolute Gasteiger partial charge is 0.185 e. The zero-order valence-corrected chi connectivity index (χ0v) is 6.78. The molecule has 1 N–H and O–H groups in total. The standard InChI is InChI=1S/C9H10O3/c1-11-7-4-2-3-6-5-12-9(10)8(6)7/h2-4,9-10H,5H2,1H3/t9-/m0/s1. The summed E-state index contributed by atoms with van der Waals surface area (Å²) in [6, 6.07) is 5.63. The van der Waals surface area contributed by atoms with Crippen LogP contribution in [0.25, 0.3) is 0 Å². The van der Waals surface area contributed by atoms with Gasteiger partial charge in [-0.25, -0.2) is 0 Å². The largest absolute Gasteiger partial charge is 0.496 e. The van der Waals surface area contributed by atoms with Crippen molar-refractivity contribution >= 4 is 0 Å². The van der Waals surface area contributed by atoms with Crippen LogP contribution in [0.2, 0.25) is 0 Å². The summed E-state index contributed by atoms with van der Waals surface area (Å²) in [4.78, 5) is 0. The molecule has 3 nitrogen and oxygen atoms in total. The first-order valence-corrected chi connectivity index (χ1v) is 3.78. The van der Waals surface area contributed by atoms with Crippen molar-refractivity contribution in [2.24, 2.45) is 0 Å². The van der Waals surface area contributed by atoms with Crippen LogP contribution < -0.4 is 4.74 Å². The predicted molar refractivity (Wildman–Crippen MR) is 42.7 cm³/mol. The van der Waals surface area contributed by atoms with Crippen molar-refractivity contribution < 1.29 is 14.6 Å². The molecule has 0 amide bonds. The molecule has 1 heterocycles. The molecule has 1 aliphatic heterocycles. The molecule has 3 heteroatoms. The third kappa shape index (κ3) is 0.983. The molecule has 0 aliphatic carbocycles. The van der Waals surface area contributed by atoms with E-state index in [9.17, 15) is 5.11 Å². The summed E-state index contributed by atoms with van der Waals surface area (Å²) in [6.07, 6.45) is -0.823. The molecule has 2 rings (SSSR count). The molecule has 0 fully saturated rings. The zero-order chi connectivity index (χ0) is 8.55. The Kier molecular flexibility index (Phi) is 1.75. The number of ether oxygens (including phenoxy) is 2. The summed E-state index contributed by atoms with van der Waals surface area (Å²) in [5.74, 6) is 0.692. The minimum absolute atomic E-state index is 0.466. The van der Waals surface area contributed by atoms with Crippen LogP contribution in [0.3, 0.4) is 0 Å². The highest BCUT2D eigenvalue weighted by Crippen LogP contribution is 2.35. The van der Waals surface area contributed by atoms with Crippen LogP contribution in [0.4, 0.5) is 0 Å². The number of aliphatic hydroxyl groups excluding tert-OH is 1. The second kappa shape index (κ2) is 2.77. The molecule has 64 valence electrons. The van der Waals surface area contributed by atoms with Gasteiger partial charge in [-0.05, 0) is 11.6 Å². The van der Waals surface area contributed by atoms with Crippen LogP contribution in [-0.2, 0) is 11.3 Å². The fraction of sp³-hybridized carbons (Fsp3) is 0.333. The predicted octanol–water partition coefficient (Wildman–Crippen LogP) is 1.22. The number of aliphatic hydroxyl groups is 1. The van der Waals surface area contributed by atoms with Gasteiger partial charge in [-0.15, -0.1) is 0 Å². The van der Waals surface area contributed by atoms with Gasteiger partial charge < -0.3 is 14.6 Å². The number of benzene rings is 1. The minimum Gasteiger partial charge on any atom is -0.496 e. The Labute approximate surface area is 70.5 Å². The number of hydrogen-bond donors (Lipinski definition) is 1. The Morgan fingerprint density at radius 2 is 2.42 bits per heavy atom. The van der Waals surface area contributed by atoms with Crippen LogP contribution in [0, 0.1) is 0 Å². The minimum atomic E-state index is -0.823.